The van der Waals surface area contributed by atoms with Crippen LogP contribution in [0.4, 0.5) is 8.78 Å². The number of alkyl halides is 2. The first-order valence-electron chi connectivity index (χ1n) is 6.65. The Morgan fingerprint density at radius 3 is 2.41 bits per heavy atom. The van der Waals surface area contributed by atoms with Gasteiger partial charge in [-0.25, -0.2) is 8.78 Å². The number of hydrogen-bond acceptors (Lipinski definition) is 2. The third-order valence-electron chi connectivity index (χ3n) is 3.63. The average Bonchev–Trinajstić information content (AvgIpc) is 2.90. The van der Waals surface area contributed by atoms with Crippen molar-refractivity contribution in [3.8, 4) is 0 Å². The third kappa shape index (κ3) is 4.18. The fraction of sp³-hybridized carbons (Fsp3) is 1.00. The van der Waals surface area contributed by atoms with E-state index >= 15 is 0 Å². The molecule has 0 N–H and O–H groups in total. The Morgan fingerprint density at radius 1 is 1.35 bits per heavy atom. The van der Waals surface area contributed by atoms with Crippen LogP contribution in [0.25, 0.3) is 0 Å². The summed E-state index contributed by atoms with van der Waals surface area (Å²) in [5, 5.41) is 0. The van der Waals surface area contributed by atoms with E-state index in [1.807, 2.05) is 13.8 Å². The zero-order valence-electron chi connectivity index (χ0n) is 11.2. The molecule has 1 saturated heterocycles. The summed E-state index contributed by atoms with van der Waals surface area (Å²) < 4.78 is 30.1. The number of likely N-dealkylation sites (tertiary alicyclic amines) is 1. The van der Waals surface area contributed by atoms with Gasteiger partial charge in [0.1, 0.15) is 0 Å². The molecule has 0 aromatic carbocycles. The Balaban J connectivity index is 0.000000686. The second-order valence-electron chi connectivity index (χ2n) is 5.05. The molecule has 1 aliphatic carbocycles. The molecule has 102 valence electrons. The van der Waals surface area contributed by atoms with Crippen molar-refractivity contribution in [1.82, 2.24) is 4.90 Å². The molecule has 1 unspecified atom stereocenters. The van der Waals surface area contributed by atoms with Crippen molar-refractivity contribution in [2.75, 3.05) is 33.4 Å². The maximum atomic E-state index is 12.5. The van der Waals surface area contributed by atoms with Crippen molar-refractivity contribution < 1.29 is 13.5 Å². The van der Waals surface area contributed by atoms with Crippen LogP contribution in [-0.4, -0.2) is 44.7 Å². The van der Waals surface area contributed by atoms with Gasteiger partial charge in [-0.2, -0.15) is 0 Å². The molecule has 2 fully saturated rings. The summed E-state index contributed by atoms with van der Waals surface area (Å²) in [6.07, 6.45) is 0.890. The van der Waals surface area contributed by atoms with Gasteiger partial charge >= 0.3 is 0 Å². The van der Waals surface area contributed by atoms with Gasteiger partial charge in [0.25, 0.3) is 0 Å². The zero-order chi connectivity index (χ0) is 12.9. The zero-order valence-corrected chi connectivity index (χ0v) is 11.2. The van der Waals surface area contributed by atoms with Crippen LogP contribution in [0, 0.1) is 11.3 Å². The summed E-state index contributed by atoms with van der Waals surface area (Å²) in [4.78, 5) is 2.18. The maximum absolute atomic E-state index is 12.5. The standard InChI is InChI=1S/C11H19F2NO.C2H6/c1-15-8-11(3-4-11)7-14-5-2-9(6-14)10(12)13;1-2/h9-10H,2-8H2,1H3;1-2H3. The Bertz CT molecular complexity index is 219. The minimum atomic E-state index is -2.15. The van der Waals surface area contributed by atoms with E-state index in [1.165, 1.54) is 12.8 Å². The van der Waals surface area contributed by atoms with Gasteiger partial charge in [-0.1, -0.05) is 13.8 Å². The van der Waals surface area contributed by atoms with Gasteiger partial charge in [-0.3, -0.25) is 0 Å². The smallest absolute Gasteiger partial charge is 0.242 e. The van der Waals surface area contributed by atoms with Crippen LogP contribution in [-0.2, 0) is 4.74 Å². The number of methoxy groups -OCH3 is 1. The van der Waals surface area contributed by atoms with E-state index in [0.717, 1.165) is 19.7 Å². The lowest BCUT2D eigenvalue weighted by molar-refractivity contribution is 0.0743. The van der Waals surface area contributed by atoms with Crippen LogP contribution < -0.4 is 0 Å². The van der Waals surface area contributed by atoms with E-state index in [2.05, 4.69) is 4.90 Å². The summed E-state index contributed by atoms with van der Waals surface area (Å²) in [5.74, 6) is -0.400. The highest BCUT2D eigenvalue weighted by Crippen LogP contribution is 2.47. The topological polar surface area (TPSA) is 12.5 Å². The normalized spacial score (nSPS) is 26.8. The molecule has 4 heteroatoms. The molecule has 1 saturated carbocycles. The monoisotopic (exact) mass is 249 g/mol. The Hall–Kier alpha value is -0.220. The van der Waals surface area contributed by atoms with Crippen LogP contribution in [0.2, 0.25) is 0 Å². The Kier molecular flexibility index (Phi) is 5.80. The van der Waals surface area contributed by atoms with Gasteiger partial charge in [0.05, 0.1) is 6.61 Å². The third-order valence-corrected chi connectivity index (χ3v) is 3.63. The van der Waals surface area contributed by atoms with Crippen molar-refractivity contribution in [1.29, 1.82) is 0 Å². The lowest BCUT2D eigenvalue weighted by Gasteiger charge is -2.22. The molecule has 1 heterocycles. The van der Waals surface area contributed by atoms with E-state index in [4.69, 9.17) is 4.74 Å². The molecule has 0 amide bonds. The summed E-state index contributed by atoms with van der Waals surface area (Å²) in [6, 6.07) is 0. The number of ether oxygens (including phenoxy) is 1. The highest BCUT2D eigenvalue weighted by Gasteiger charge is 2.45. The lowest BCUT2D eigenvalue weighted by atomic mass is 10.1. The predicted octanol–water partition coefficient (Wildman–Crippen LogP) is 3.03. The lowest BCUT2D eigenvalue weighted by Crippen LogP contribution is -2.31. The van der Waals surface area contributed by atoms with Crippen molar-refractivity contribution in [3.63, 3.8) is 0 Å². The fourth-order valence-electron chi connectivity index (χ4n) is 2.52. The molecule has 0 spiro atoms. The number of halogens is 2. The molecule has 1 atom stereocenters. The van der Waals surface area contributed by atoms with E-state index < -0.39 is 12.3 Å². The van der Waals surface area contributed by atoms with Crippen molar-refractivity contribution in [2.45, 2.75) is 39.5 Å². The van der Waals surface area contributed by atoms with E-state index in [-0.39, 0.29) is 0 Å². The minimum absolute atomic E-state index is 0.297. The first-order valence-corrected chi connectivity index (χ1v) is 6.65. The van der Waals surface area contributed by atoms with Crippen molar-refractivity contribution >= 4 is 0 Å². The number of rotatable bonds is 5. The quantitative estimate of drug-likeness (QED) is 0.742. The predicted molar refractivity (Wildman–Crippen MR) is 65.4 cm³/mol. The molecular formula is C13H25F2NO. The molecule has 2 aliphatic rings. The van der Waals surface area contributed by atoms with Gasteiger partial charge in [0.2, 0.25) is 6.43 Å². The second kappa shape index (κ2) is 6.64. The van der Waals surface area contributed by atoms with E-state index in [9.17, 15) is 8.78 Å². The molecule has 0 bridgehead atoms. The Morgan fingerprint density at radius 2 is 2.00 bits per heavy atom. The summed E-state index contributed by atoms with van der Waals surface area (Å²) >= 11 is 0. The molecule has 2 rings (SSSR count). The SMILES string of the molecule is CC.COCC1(CN2CCC(C(F)F)C2)CC1. The van der Waals surface area contributed by atoms with Gasteiger partial charge in [0.15, 0.2) is 0 Å². The molecule has 0 aromatic heterocycles. The summed E-state index contributed by atoms with van der Waals surface area (Å²) in [5.41, 5.74) is 0.297. The van der Waals surface area contributed by atoms with Crippen LogP contribution in [0.5, 0.6) is 0 Å². The van der Waals surface area contributed by atoms with E-state index in [1.54, 1.807) is 7.11 Å². The summed E-state index contributed by atoms with van der Waals surface area (Å²) in [7, 11) is 1.71. The molecule has 0 radical (unpaired) electrons. The first kappa shape index (κ1) is 14.8. The highest BCUT2D eigenvalue weighted by molar-refractivity contribution is 4.96. The van der Waals surface area contributed by atoms with E-state index in [0.29, 0.717) is 18.4 Å². The van der Waals surface area contributed by atoms with Gasteiger partial charge in [0, 0.05) is 31.5 Å². The number of nitrogens with zero attached hydrogens (tertiary/aromatic N) is 1. The molecular weight excluding hydrogens is 224 g/mol. The van der Waals surface area contributed by atoms with Crippen molar-refractivity contribution in [3.05, 3.63) is 0 Å². The fourth-order valence-corrected chi connectivity index (χ4v) is 2.52. The second-order valence-corrected chi connectivity index (χ2v) is 5.05. The Labute approximate surface area is 103 Å². The first-order chi connectivity index (χ1) is 8.15. The van der Waals surface area contributed by atoms with Crippen molar-refractivity contribution in [2.24, 2.45) is 11.3 Å². The molecule has 1 aliphatic heterocycles. The average molecular weight is 249 g/mol. The van der Waals surface area contributed by atoms with Crippen LogP contribution in [0.15, 0.2) is 0 Å². The largest absolute Gasteiger partial charge is 0.384 e. The van der Waals surface area contributed by atoms with Crippen LogP contribution in [0.1, 0.15) is 33.1 Å². The van der Waals surface area contributed by atoms with Crippen LogP contribution >= 0.6 is 0 Å². The molecule has 17 heavy (non-hydrogen) atoms. The van der Waals surface area contributed by atoms with Crippen LogP contribution in [0.3, 0.4) is 0 Å². The minimum Gasteiger partial charge on any atom is -0.384 e. The van der Waals surface area contributed by atoms with Gasteiger partial charge in [-0.05, 0) is 25.8 Å². The maximum Gasteiger partial charge on any atom is 0.242 e. The van der Waals surface area contributed by atoms with Gasteiger partial charge in [-0.15, -0.1) is 0 Å². The molecule has 0 aromatic rings. The summed E-state index contributed by atoms with van der Waals surface area (Å²) in [6.45, 7) is 7.14. The molecule has 2 nitrogen and oxygen atoms in total. The number of hydrogen-bond donors (Lipinski definition) is 0. The highest BCUT2D eigenvalue weighted by atomic mass is 19.3. The van der Waals surface area contributed by atoms with Gasteiger partial charge < -0.3 is 9.64 Å².